The van der Waals surface area contributed by atoms with Crippen LogP contribution in [0.1, 0.15) is 32.6 Å². The summed E-state index contributed by atoms with van der Waals surface area (Å²) in [5.41, 5.74) is 3.44. The highest BCUT2D eigenvalue weighted by Gasteiger charge is 2.17. The smallest absolute Gasteiger partial charge is 0.291 e. The predicted molar refractivity (Wildman–Crippen MR) is 109 cm³/mol. The number of nitrogens with one attached hydrogen (secondary N) is 1. The second kappa shape index (κ2) is 7.29. The zero-order chi connectivity index (χ0) is 19.8. The Hall–Kier alpha value is -2.84. The van der Waals surface area contributed by atoms with Crippen LogP contribution in [0.15, 0.2) is 30.3 Å². The largest absolute Gasteiger partial charge is 0.344 e. The van der Waals surface area contributed by atoms with Gasteiger partial charge in [-0.1, -0.05) is 29.8 Å². The van der Waals surface area contributed by atoms with Crippen molar-refractivity contribution < 1.29 is 4.79 Å². The molecule has 0 unspecified atom stereocenters. The highest BCUT2D eigenvalue weighted by Crippen LogP contribution is 2.32. The number of nitrogens with zero attached hydrogens (tertiary/aromatic N) is 5. The fourth-order valence-electron chi connectivity index (χ4n) is 2.84. The van der Waals surface area contributed by atoms with Crippen LogP contribution in [-0.4, -0.2) is 30.5 Å². The number of carbonyl (C=O) groups is 1. The Morgan fingerprint density at radius 1 is 1.18 bits per heavy atom. The first-order valence-corrected chi connectivity index (χ1v) is 9.82. The fourth-order valence-corrected chi connectivity index (χ4v) is 4.17. The zero-order valence-electron chi connectivity index (χ0n) is 15.5. The quantitative estimate of drug-likeness (QED) is 0.551. The number of carbonyl (C=O) groups excluding carboxylic acids is 1. The molecule has 9 heteroatoms. The molecule has 1 N–H and O–H groups in total. The zero-order valence-corrected chi connectivity index (χ0v) is 17.1. The number of aryl methyl sites for hydroxylation is 3. The van der Waals surface area contributed by atoms with Crippen LogP contribution in [0.25, 0.3) is 16.3 Å². The monoisotopic (exact) mass is 412 g/mol. The lowest BCUT2D eigenvalue weighted by molar-refractivity contribution is 0.0941. The topological polar surface area (TPSA) is 85.1 Å². The average Bonchev–Trinajstić information content (AvgIpc) is 3.24. The van der Waals surface area contributed by atoms with E-state index in [0.29, 0.717) is 17.3 Å². The number of hydrogen-bond acceptors (Lipinski definition) is 6. The van der Waals surface area contributed by atoms with Crippen LogP contribution in [0.3, 0.4) is 0 Å². The summed E-state index contributed by atoms with van der Waals surface area (Å²) < 4.78 is 1.56. The van der Waals surface area contributed by atoms with Crippen molar-refractivity contribution in [3.05, 3.63) is 63.1 Å². The van der Waals surface area contributed by atoms with Crippen molar-refractivity contribution in [3.8, 4) is 10.6 Å². The molecular weight excluding hydrogens is 396 g/mol. The predicted octanol–water partition coefficient (Wildman–Crippen LogP) is 3.76. The molecule has 0 bridgehead atoms. The standard InChI is InChI=1S/C19H17ClN6OS/c1-10-8-11(2)26-19(22-10)24-16(25-26)17(27)21-9-15-12(3)23-18(28-15)13-6-4-5-7-14(13)20/h4-8H,9H2,1-3H3,(H,21,27). The molecule has 0 aliphatic rings. The third kappa shape index (κ3) is 3.48. The summed E-state index contributed by atoms with van der Waals surface area (Å²) in [5, 5.41) is 8.60. The minimum absolute atomic E-state index is 0.0923. The molecular formula is C19H17ClN6OS. The minimum Gasteiger partial charge on any atom is -0.344 e. The van der Waals surface area contributed by atoms with E-state index in [0.717, 1.165) is 32.5 Å². The van der Waals surface area contributed by atoms with E-state index in [1.165, 1.54) is 11.3 Å². The van der Waals surface area contributed by atoms with Gasteiger partial charge in [-0.3, -0.25) is 4.79 Å². The average molecular weight is 413 g/mol. The van der Waals surface area contributed by atoms with E-state index < -0.39 is 0 Å². The lowest BCUT2D eigenvalue weighted by Gasteiger charge is -2.00. The molecule has 0 aliphatic carbocycles. The van der Waals surface area contributed by atoms with E-state index in [-0.39, 0.29) is 11.7 Å². The molecule has 3 heterocycles. The maximum Gasteiger partial charge on any atom is 0.291 e. The van der Waals surface area contributed by atoms with Crippen molar-refractivity contribution in [1.82, 2.24) is 29.9 Å². The number of amides is 1. The molecule has 0 atom stereocenters. The van der Waals surface area contributed by atoms with Gasteiger partial charge in [0, 0.05) is 21.8 Å². The second-order valence-corrected chi connectivity index (χ2v) is 7.87. The number of aromatic nitrogens is 5. The SMILES string of the molecule is Cc1cc(C)n2nc(C(=O)NCc3sc(-c4ccccc4Cl)nc3C)nc2n1. The van der Waals surface area contributed by atoms with Gasteiger partial charge in [0.1, 0.15) is 5.01 Å². The molecule has 4 aromatic rings. The van der Waals surface area contributed by atoms with Crippen LogP contribution < -0.4 is 5.32 Å². The molecule has 0 radical (unpaired) electrons. The van der Waals surface area contributed by atoms with Crippen LogP contribution in [0, 0.1) is 20.8 Å². The van der Waals surface area contributed by atoms with Gasteiger partial charge in [0.05, 0.1) is 17.3 Å². The van der Waals surface area contributed by atoms with E-state index in [9.17, 15) is 4.79 Å². The van der Waals surface area contributed by atoms with Gasteiger partial charge in [-0.25, -0.2) is 14.5 Å². The van der Waals surface area contributed by atoms with Crippen LogP contribution in [-0.2, 0) is 6.54 Å². The number of fused-ring (bicyclic) bond motifs is 1. The number of halogens is 1. The lowest BCUT2D eigenvalue weighted by atomic mass is 10.2. The molecule has 0 saturated carbocycles. The molecule has 1 aromatic carbocycles. The molecule has 7 nitrogen and oxygen atoms in total. The molecule has 4 rings (SSSR count). The lowest BCUT2D eigenvalue weighted by Crippen LogP contribution is -2.24. The van der Waals surface area contributed by atoms with Gasteiger partial charge in [0.25, 0.3) is 11.7 Å². The third-order valence-corrected chi connectivity index (χ3v) is 5.75. The normalized spacial score (nSPS) is 11.1. The summed E-state index contributed by atoms with van der Waals surface area (Å²) >= 11 is 7.77. The molecule has 0 spiro atoms. The Labute approximate surface area is 170 Å². The first-order chi connectivity index (χ1) is 13.4. The van der Waals surface area contributed by atoms with Gasteiger partial charge < -0.3 is 5.32 Å². The van der Waals surface area contributed by atoms with Crippen molar-refractivity contribution >= 4 is 34.6 Å². The maximum atomic E-state index is 12.5. The van der Waals surface area contributed by atoms with Gasteiger partial charge >= 0.3 is 0 Å². The van der Waals surface area contributed by atoms with Crippen molar-refractivity contribution in [3.63, 3.8) is 0 Å². The second-order valence-electron chi connectivity index (χ2n) is 6.38. The Morgan fingerprint density at radius 2 is 1.96 bits per heavy atom. The van der Waals surface area contributed by atoms with E-state index >= 15 is 0 Å². The molecule has 142 valence electrons. The van der Waals surface area contributed by atoms with Crippen molar-refractivity contribution in [2.75, 3.05) is 0 Å². The number of benzene rings is 1. The maximum absolute atomic E-state index is 12.5. The summed E-state index contributed by atoms with van der Waals surface area (Å²) in [6.07, 6.45) is 0. The van der Waals surface area contributed by atoms with Crippen molar-refractivity contribution in [2.45, 2.75) is 27.3 Å². The summed E-state index contributed by atoms with van der Waals surface area (Å²) in [5.74, 6) is 0.155. The number of hydrogen-bond donors (Lipinski definition) is 1. The van der Waals surface area contributed by atoms with E-state index in [4.69, 9.17) is 11.6 Å². The van der Waals surface area contributed by atoms with Crippen molar-refractivity contribution in [2.24, 2.45) is 0 Å². The van der Waals surface area contributed by atoms with E-state index in [1.54, 1.807) is 4.52 Å². The van der Waals surface area contributed by atoms with Crippen LogP contribution >= 0.6 is 22.9 Å². The van der Waals surface area contributed by atoms with Gasteiger partial charge in [-0.15, -0.1) is 16.4 Å². The fraction of sp³-hybridized carbons (Fsp3) is 0.211. The van der Waals surface area contributed by atoms with Gasteiger partial charge in [0.2, 0.25) is 5.82 Å². The molecule has 0 aliphatic heterocycles. The van der Waals surface area contributed by atoms with Crippen LogP contribution in [0.2, 0.25) is 5.02 Å². The Morgan fingerprint density at radius 3 is 2.75 bits per heavy atom. The third-order valence-electron chi connectivity index (χ3n) is 4.23. The summed E-state index contributed by atoms with van der Waals surface area (Å²) in [6.45, 7) is 6.03. The molecule has 3 aromatic heterocycles. The highest BCUT2D eigenvalue weighted by molar-refractivity contribution is 7.15. The molecule has 28 heavy (non-hydrogen) atoms. The Bertz CT molecular complexity index is 1200. The first-order valence-electron chi connectivity index (χ1n) is 8.63. The Balaban J connectivity index is 1.53. The van der Waals surface area contributed by atoms with Gasteiger partial charge in [-0.05, 0) is 32.9 Å². The number of thiazole rings is 1. The molecule has 0 saturated heterocycles. The first kappa shape index (κ1) is 18.5. The summed E-state index contributed by atoms with van der Waals surface area (Å²) in [4.78, 5) is 26.6. The van der Waals surface area contributed by atoms with Gasteiger partial charge in [0.15, 0.2) is 0 Å². The van der Waals surface area contributed by atoms with Crippen LogP contribution in [0.4, 0.5) is 0 Å². The molecule has 0 fully saturated rings. The van der Waals surface area contributed by atoms with Crippen molar-refractivity contribution in [1.29, 1.82) is 0 Å². The minimum atomic E-state index is -0.352. The number of rotatable bonds is 4. The summed E-state index contributed by atoms with van der Waals surface area (Å²) in [7, 11) is 0. The van der Waals surface area contributed by atoms with Crippen LogP contribution in [0.5, 0.6) is 0 Å². The van der Waals surface area contributed by atoms with E-state index in [1.807, 2.05) is 51.1 Å². The van der Waals surface area contributed by atoms with E-state index in [2.05, 4.69) is 25.4 Å². The summed E-state index contributed by atoms with van der Waals surface area (Å²) in [6, 6.07) is 9.46. The Kier molecular flexibility index (Phi) is 4.82. The van der Waals surface area contributed by atoms with Gasteiger partial charge in [-0.2, -0.15) is 4.98 Å². The highest BCUT2D eigenvalue weighted by atomic mass is 35.5. The molecule has 1 amide bonds.